The van der Waals surface area contributed by atoms with Crippen LogP contribution in [0.5, 0.6) is 0 Å². The molecule has 5 heteroatoms. The number of hydrogen-bond donors (Lipinski definition) is 1. The molecule has 0 saturated heterocycles. The topological polar surface area (TPSA) is 15.3 Å². The minimum absolute atomic E-state index is 0.0279. The predicted molar refractivity (Wildman–Crippen MR) is 81.6 cm³/mol. The number of rotatable bonds is 7. The van der Waals surface area contributed by atoms with Gasteiger partial charge in [0, 0.05) is 24.8 Å². The van der Waals surface area contributed by atoms with Gasteiger partial charge in [-0.2, -0.15) is 13.2 Å². The maximum absolute atomic E-state index is 13.3. The van der Waals surface area contributed by atoms with Gasteiger partial charge in [0.25, 0.3) is 0 Å². The Kier molecular flexibility index (Phi) is 6.52. The Balaban J connectivity index is 3.14. The highest BCUT2D eigenvalue weighted by atomic mass is 19.4. The van der Waals surface area contributed by atoms with Crippen LogP contribution in [0.2, 0.25) is 0 Å². The van der Waals surface area contributed by atoms with Gasteiger partial charge in [-0.05, 0) is 51.4 Å². The van der Waals surface area contributed by atoms with Gasteiger partial charge in [-0.3, -0.25) is 0 Å². The van der Waals surface area contributed by atoms with E-state index >= 15 is 0 Å². The third kappa shape index (κ3) is 4.92. The van der Waals surface area contributed by atoms with Crippen molar-refractivity contribution in [2.24, 2.45) is 0 Å². The molecule has 0 spiro atoms. The van der Waals surface area contributed by atoms with Crippen molar-refractivity contribution in [1.29, 1.82) is 0 Å². The fraction of sp³-hybridized carbons (Fsp3) is 0.625. The van der Waals surface area contributed by atoms with Crippen molar-refractivity contribution in [3.63, 3.8) is 0 Å². The molecule has 1 rings (SSSR count). The second-order valence-electron chi connectivity index (χ2n) is 5.41. The molecule has 0 aromatic heterocycles. The number of halogens is 3. The van der Waals surface area contributed by atoms with Crippen LogP contribution in [0.1, 0.15) is 45.2 Å². The van der Waals surface area contributed by atoms with Gasteiger partial charge >= 0.3 is 6.18 Å². The summed E-state index contributed by atoms with van der Waals surface area (Å²) in [5, 5.41) is 3.13. The first kappa shape index (κ1) is 17.8. The van der Waals surface area contributed by atoms with Crippen molar-refractivity contribution in [3.8, 4) is 0 Å². The lowest BCUT2D eigenvalue weighted by molar-refractivity contribution is -0.137. The molecule has 2 nitrogen and oxygen atoms in total. The van der Waals surface area contributed by atoms with Gasteiger partial charge < -0.3 is 10.2 Å². The van der Waals surface area contributed by atoms with Crippen molar-refractivity contribution >= 4 is 5.69 Å². The molecule has 0 bridgehead atoms. The summed E-state index contributed by atoms with van der Waals surface area (Å²) in [6, 6.07) is 4.66. The van der Waals surface area contributed by atoms with Gasteiger partial charge in [0.1, 0.15) is 0 Å². The highest BCUT2D eigenvalue weighted by Crippen LogP contribution is 2.37. The van der Waals surface area contributed by atoms with E-state index in [1.807, 2.05) is 27.7 Å². The quantitative estimate of drug-likeness (QED) is 0.749. The Morgan fingerprint density at radius 3 is 2.33 bits per heavy atom. The monoisotopic (exact) mass is 302 g/mol. The number of hydrogen-bond acceptors (Lipinski definition) is 2. The SMILES string of the molecule is CCCNCc1ccc(N(CC)C(C)C)c(C(F)(F)F)c1. The van der Waals surface area contributed by atoms with Crippen LogP contribution in [-0.4, -0.2) is 19.1 Å². The number of nitrogens with one attached hydrogen (secondary N) is 1. The molecule has 0 aliphatic carbocycles. The second kappa shape index (κ2) is 7.69. The molecule has 120 valence electrons. The van der Waals surface area contributed by atoms with E-state index in [9.17, 15) is 13.2 Å². The molecule has 0 radical (unpaired) electrons. The molecule has 0 heterocycles. The maximum atomic E-state index is 13.3. The van der Waals surface area contributed by atoms with Crippen LogP contribution in [-0.2, 0) is 12.7 Å². The summed E-state index contributed by atoms with van der Waals surface area (Å²) >= 11 is 0. The average molecular weight is 302 g/mol. The number of anilines is 1. The molecule has 0 saturated carbocycles. The maximum Gasteiger partial charge on any atom is 0.418 e. The van der Waals surface area contributed by atoms with Crippen molar-refractivity contribution in [1.82, 2.24) is 5.32 Å². The highest BCUT2D eigenvalue weighted by Gasteiger charge is 2.35. The van der Waals surface area contributed by atoms with Gasteiger partial charge in [0.15, 0.2) is 0 Å². The predicted octanol–water partition coefficient (Wildman–Crippen LogP) is 4.44. The van der Waals surface area contributed by atoms with Crippen LogP contribution in [0, 0.1) is 0 Å². The molecule has 0 atom stereocenters. The first-order chi connectivity index (χ1) is 9.81. The molecule has 0 unspecified atom stereocenters. The van der Waals surface area contributed by atoms with Gasteiger partial charge in [-0.1, -0.05) is 13.0 Å². The minimum Gasteiger partial charge on any atom is -0.369 e. The summed E-state index contributed by atoms with van der Waals surface area (Å²) in [7, 11) is 0. The second-order valence-corrected chi connectivity index (χ2v) is 5.41. The van der Waals surface area contributed by atoms with Crippen LogP contribution < -0.4 is 10.2 Å². The first-order valence-electron chi connectivity index (χ1n) is 7.48. The summed E-state index contributed by atoms with van der Waals surface area (Å²) < 4.78 is 40.0. The molecule has 0 fully saturated rings. The van der Waals surface area contributed by atoms with Crippen molar-refractivity contribution in [2.75, 3.05) is 18.0 Å². The minimum atomic E-state index is -4.33. The summed E-state index contributed by atoms with van der Waals surface area (Å²) in [6.07, 6.45) is -3.38. The third-order valence-electron chi connectivity index (χ3n) is 3.40. The van der Waals surface area contributed by atoms with Crippen molar-refractivity contribution in [3.05, 3.63) is 29.3 Å². The normalized spacial score (nSPS) is 12.0. The molecule has 1 aromatic rings. The Bertz CT molecular complexity index is 442. The summed E-state index contributed by atoms with van der Waals surface area (Å²) in [5.41, 5.74) is 0.382. The van der Waals surface area contributed by atoms with E-state index in [0.717, 1.165) is 13.0 Å². The molecule has 1 N–H and O–H groups in total. The fourth-order valence-electron chi connectivity index (χ4n) is 2.39. The van der Waals surface area contributed by atoms with Gasteiger partial charge in [-0.15, -0.1) is 0 Å². The van der Waals surface area contributed by atoms with Gasteiger partial charge in [-0.25, -0.2) is 0 Å². The zero-order valence-electron chi connectivity index (χ0n) is 13.2. The lowest BCUT2D eigenvalue weighted by Crippen LogP contribution is -2.32. The Labute approximate surface area is 125 Å². The van der Waals surface area contributed by atoms with E-state index in [2.05, 4.69) is 5.32 Å². The van der Waals surface area contributed by atoms with E-state index in [1.165, 1.54) is 6.07 Å². The summed E-state index contributed by atoms with van der Waals surface area (Å²) in [6.45, 7) is 9.52. The van der Waals surface area contributed by atoms with Gasteiger partial charge in [0.2, 0.25) is 0 Å². The molecular weight excluding hydrogens is 277 g/mol. The number of alkyl halides is 3. The lowest BCUT2D eigenvalue weighted by atomic mass is 10.1. The van der Waals surface area contributed by atoms with Crippen LogP contribution in [0.3, 0.4) is 0 Å². The Hall–Kier alpha value is -1.23. The largest absolute Gasteiger partial charge is 0.418 e. The first-order valence-corrected chi connectivity index (χ1v) is 7.48. The zero-order chi connectivity index (χ0) is 16.0. The Morgan fingerprint density at radius 2 is 1.86 bits per heavy atom. The van der Waals surface area contributed by atoms with Crippen molar-refractivity contribution < 1.29 is 13.2 Å². The standard InChI is InChI=1S/C16H25F3N2/c1-5-9-20-11-13-7-8-15(21(6-2)12(3)4)14(10-13)16(17,18)19/h7-8,10,12,20H,5-6,9,11H2,1-4H3. The van der Waals surface area contributed by atoms with Crippen LogP contribution in [0.25, 0.3) is 0 Å². The van der Waals surface area contributed by atoms with E-state index in [4.69, 9.17) is 0 Å². The molecule has 0 amide bonds. The molecule has 21 heavy (non-hydrogen) atoms. The molecular formula is C16H25F3N2. The van der Waals surface area contributed by atoms with E-state index in [-0.39, 0.29) is 11.7 Å². The van der Waals surface area contributed by atoms with Crippen molar-refractivity contribution in [2.45, 2.75) is 52.9 Å². The number of benzene rings is 1. The average Bonchev–Trinajstić information content (AvgIpc) is 2.39. The third-order valence-corrected chi connectivity index (χ3v) is 3.40. The van der Waals surface area contributed by atoms with Crippen LogP contribution in [0.4, 0.5) is 18.9 Å². The summed E-state index contributed by atoms with van der Waals surface area (Å²) in [4.78, 5) is 1.77. The fourth-order valence-corrected chi connectivity index (χ4v) is 2.39. The van der Waals surface area contributed by atoms with Crippen LogP contribution in [0.15, 0.2) is 18.2 Å². The van der Waals surface area contributed by atoms with Crippen LogP contribution >= 0.6 is 0 Å². The lowest BCUT2D eigenvalue weighted by Gasteiger charge is -2.30. The van der Waals surface area contributed by atoms with E-state index in [0.29, 0.717) is 18.7 Å². The molecule has 0 aliphatic heterocycles. The van der Waals surface area contributed by atoms with E-state index < -0.39 is 11.7 Å². The van der Waals surface area contributed by atoms with E-state index in [1.54, 1.807) is 17.0 Å². The Morgan fingerprint density at radius 1 is 1.19 bits per heavy atom. The van der Waals surface area contributed by atoms with Gasteiger partial charge in [0.05, 0.1) is 5.56 Å². The molecule has 0 aliphatic rings. The summed E-state index contributed by atoms with van der Waals surface area (Å²) in [5.74, 6) is 0. The highest BCUT2D eigenvalue weighted by molar-refractivity contribution is 5.57. The molecule has 1 aromatic carbocycles. The number of nitrogens with zero attached hydrogens (tertiary/aromatic N) is 1. The zero-order valence-corrected chi connectivity index (χ0v) is 13.2. The smallest absolute Gasteiger partial charge is 0.369 e.